The fourth-order valence-electron chi connectivity index (χ4n) is 0.789. The summed E-state index contributed by atoms with van der Waals surface area (Å²) in [4.78, 5) is 2.16. The van der Waals surface area contributed by atoms with Crippen LogP contribution < -0.4 is 5.32 Å². The van der Waals surface area contributed by atoms with Gasteiger partial charge in [0.1, 0.15) is 7.05 Å². The molecule has 0 aliphatic carbocycles. The third-order valence-electron chi connectivity index (χ3n) is 1.83. The molecule has 4 nitrogen and oxygen atoms in total. The van der Waals surface area contributed by atoms with Gasteiger partial charge in [0, 0.05) is 24.9 Å². The summed E-state index contributed by atoms with van der Waals surface area (Å²) in [6.07, 6.45) is 0. The minimum atomic E-state index is 0.377. The van der Waals surface area contributed by atoms with E-state index in [9.17, 15) is 0 Å². The smallest absolute Gasteiger partial charge is 0.262 e. The van der Waals surface area contributed by atoms with Crippen LogP contribution in [0.5, 0.6) is 0 Å². The molecular weight excluding hydrogens is 204 g/mol. The SMILES string of the molecule is CN(C)C1NC(=[N+](C)N(C)C)SS1. The lowest BCUT2D eigenvalue weighted by molar-refractivity contribution is -0.654. The van der Waals surface area contributed by atoms with Crippen LogP contribution in [0.3, 0.4) is 0 Å². The van der Waals surface area contributed by atoms with Gasteiger partial charge in [0.05, 0.1) is 0 Å². The molecule has 0 saturated carbocycles. The molecule has 1 saturated heterocycles. The van der Waals surface area contributed by atoms with Gasteiger partial charge < -0.3 is 0 Å². The van der Waals surface area contributed by atoms with E-state index in [1.54, 1.807) is 10.8 Å². The molecule has 1 N–H and O–H groups in total. The van der Waals surface area contributed by atoms with E-state index >= 15 is 0 Å². The fourth-order valence-corrected chi connectivity index (χ4v) is 3.48. The Morgan fingerprint density at radius 3 is 2.31 bits per heavy atom. The van der Waals surface area contributed by atoms with Gasteiger partial charge in [0.25, 0.3) is 0 Å². The zero-order valence-electron chi connectivity index (χ0n) is 8.74. The molecule has 0 radical (unpaired) electrons. The molecule has 1 aliphatic heterocycles. The summed E-state index contributed by atoms with van der Waals surface area (Å²) in [6.45, 7) is 0. The van der Waals surface area contributed by atoms with E-state index in [-0.39, 0.29) is 0 Å². The van der Waals surface area contributed by atoms with E-state index in [2.05, 4.69) is 29.0 Å². The molecule has 76 valence electrons. The van der Waals surface area contributed by atoms with Crippen molar-refractivity contribution in [2.24, 2.45) is 0 Å². The Hall–Kier alpha value is -0.0700. The van der Waals surface area contributed by atoms with Crippen molar-refractivity contribution in [1.82, 2.24) is 15.2 Å². The van der Waals surface area contributed by atoms with Crippen LogP contribution >= 0.6 is 21.6 Å². The Morgan fingerprint density at radius 1 is 1.31 bits per heavy atom. The predicted octanol–water partition coefficient (Wildman–Crippen LogP) is 0.291. The van der Waals surface area contributed by atoms with Gasteiger partial charge in [0.2, 0.25) is 5.50 Å². The standard InChI is InChI=1S/C7H16N4S2/c1-9(2)6-8-7(13-12-6)11(5)10(3)4/h6H,1-5H3/p+1. The summed E-state index contributed by atoms with van der Waals surface area (Å²) in [5.74, 6) is 0. The molecule has 0 aromatic carbocycles. The second kappa shape index (κ2) is 4.43. The van der Waals surface area contributed by atoms with Gasteiger partial charge in [0.15, 0.2) is 0 Å². The number of hydrazone groups is 1. The van der Waals surface area contributed by atoms with E-state index in [0.29, 0.717) is 5.50 Å². The number of nitrogens with zero attached hydrogens (tertiary/aromatic N) is 3. The number of hydrogen-bond donors (Lipinski definition) is 1. The molecule has 1 heterocycles. The first-order chi connectivity index (χ1) is 6.02. The Labute approximate surface area is 87.7 Å². The van der Waals surface area contributed by atoms with E-state index in [1.807, 2.05) is 36.9 Å². The number of rotatable bonds is 2. The predicted molar refractivity (Wildman–Crippen MR) is 60.7 cm³/mol. The molecule has 6 heteroatoms. The summed E-state index contributed by atoms with van der Waals surface area (Å²) in [5.41, 5.74) is 0.377. The zero-order chi connectivity index (χ0) is 10.0. The Bertz CT molecular complexity index is 215. The van der Waals surface area contributed by atoms with Crippen molar-refractivity contribution >= 4 is 26.8 Å². The summed E-state index contributed by atoms with van der Waals surface area (Å²) >= 11 is 0. The molecular formula is C7H17N4S2+. The van der Waals surface area contributed by atoms with E-state index in [0.717, 1.165) is 0 Å². The molecule has 1 unspecified atom stereocenters. The highest BCUT2D eigenvalue weighted by Crippen LogP contribution is 2.33. The maximum absolute atomic E-state index is 3.42. The molecule has 0 aromatic heterocycles. The average Bonchev–Trinajstić information content (AvgIpc) is 2.50. The Morgan fingerprint density at radius 2 is 1.92 bits per heavy atom. The Kier molecular flexibility index (Phi) is 3.75. The van der Waals surface area contributed by atoms with Crippen molar-refractivity contribution in [3.05, 3.63) is 0 Å². The molecule has 0 bridgehead atoms. The first-order valence-corrected chi connectivity index (χ1v) is 6.28. The number of amidine groups is 1. The minimum Gasteiger partial charge on any atom is -0.262 e. The van der Waals surface area contributed by atoms with E-state index in [4.69, 9.17) is 0 Å². The highest BCUT2D eigenvalue weighted by atomic mass is 33.1. The largest absolute Gasteiger partial charge is 0.342 e. The van der Waals surface area contributed by atoms with Crippen LogP contribution in [-0.4, -0.2) is 60.5 Å². The van der Waals surface area contributed by atoms with E-state index in [1.165, 1.54) is 5.17 Å². The average molecular weight is 221 g/mol. The van der Waals surface area contributed by atoms with Crippen LogP contribution in [-0.2, 0) is 0 Å². The molecule has 1 rings (SSSR count). The lowest BCUT2D eigenvalue weighted by Gasteiger charge is -2.14. The maximum atomic E-state index is 3.42. The molecule has 0 aromatic rings. The normalized spacial score (nSPS) is 26.2. The van der Waals surface area contributed by atoms with Gasteiger partial charge in [-0.25, -0.2) is 5.32 Å². The van der Waals surface area contributed by atoms with Crippen molar-refractivity contribution in [2.45, 2.75) is 5.50 Å². The first kappa shape index (κ1) is 11.0. The van der Waals surface area contributed by atoms with Crippen LogP contribution in [0.15, 0.2) is 0 Å². The third kappa shape index (κ3) is 2.69. The monoisotopic (exact) mass is 221 g/mol. The van der Waals surface area contributed by atoms with Gasteiger partial charge in [-0.05, 0) is 24.9 Å². The lowest BCUT2D eigenvalue weighted by atomic mass is 10.8. The fraction of sp³-hybridized carbons (Fsp3) is 0.857. The van der Waals surface area contributed by atoms with Gasteiger partial charge in [-0.3, -0.25) is 9.91 Å². The molecule has 0 spiro atoms. The topological polar surface area (TPSA) is 21.5 Å². The zero-order valence-corrected chi connectivity index (χ0v) is 10.4. The molecule has 1 aliphatic rings. The maximum Gasteiger partial charge on any atom is 0.342 e. The second-order valence-corrected chi connectivity index (χ2v) is 5.59. The molecule has 0 amide bonds. The summed E-state index contributed by atoms with van der Waals surface area (Å²) in [7, 11) is 13.9. The van der Waals surface area contributed by atoms with Gasteiger partial charge in [-0.15, -0.1) is 0 Å². The van der Waals surface area contributed by atoms with Crippen molar-refractivity contribution in [3.8, 4) is 0 Å². The highest BCUT2D eigenvalue weighted by Gasteiger charge is 2.31. The molecule has 13 heavy (non-hydrogen) atoms. The number of nitrogens with one attached hydrogen (secondary N) is 1. The Balaban J connectivity index is 2.63. The van der Waals surface area contributed by atoms with Crippen molar-refractivity contribution in [3.63, 3.8) is 0 Å². The first-order valence-electron chi connectivity index (χ1n) is 4.06. The van der Waals surface area contributed by atoms with Crippen LogP contribution in [0.4, 0.5) is 0 Å². The molecule has 1 atom stereocenters. The van der Waals surface area contributed by atoms with Crippen LogP contribution in [0.1, 0.15) is 0 Å². The summed E-state index contributed by atoms with van der Waals surface area (Å²) < 4.78 is 2.10. The van der Waals surface area contributed by atoms with Crippen molar-refractivity contribution in [1.29, 1.82) is 0 Å². The molecule has 1 fully saturated rings. The third-order valence-corrected chi connectivity index (χ3v) is 4.50. The van der Waals surface area contributed by atoms with Gasteiger partial charge in [-0.2, -0.15) is 4.68 Å². The van der Waals surface area contributed by atoms with Crippen LogP contribution in [0.2, 0.25) is 0 Å². The van der Waals surface area contributed by atoms with Gasteiger partial charge in [-0.1, -0.05) is 0 Å². The van der Waals surface area contributed by atoms with Crippen LogP contribution in [0, 0.1) is 0 Å². The highest BCUT2D eigenvalue weighted by molar-refractivity contribution is 8.83. The van der Waals surface area contributed by atoms with Crippen molar-refractivity contribution in [2.75, 3.05) is 35.2 Å². The van der Waals surface area contributed by atoms with E-state index < -0.39 is 0 Å². The number of hydrazine groups is 1. The summed E-state index contributed by atoms with van der Waals surface area (Å²) in [6, 6.07) is 0. The van der Waals surface area contributed by atoms with Crippen LogP contribution in [0.25, 0.3) is 0 Å². The second-order valence-electron chi connectivity index (χ2n) is 3.32. The number of hydrogen-bond acceptors (Lipinski definition) is 4. The van der Waals surface area contributed by atoms with Gasteiger partial charge >= 0.3 is 5.17 Å². The van der Waals surface area contributed by atoms with Crippen molar-refractivity contribution < 1.29 is 4.68 Å². The quantitative estimate of drug-likeness (QED) is 0.410. The minimum absolute atomic E-state index is 0.377. The summed E-state index contributed by atoms with van der Waals surface area (Å²) in [5, 5.41) is 6.66. The lowest BCUT2D eigenvalue weighted by Crippen LogP contribution is -2.41.